The molecular formula is C12H16N2O. The number of carbonyl (C=O) groups excluding carboxylic acids is 1. The molecule has 0 aliphatic heterocycles. The van der Waals surface area contributed by atoms with Crippen LogP contribution in [0.15, 0.2) is 24.3 Å². The van der Waals surface area contributed by atoms with E-state index in [0.717, 1.165) is 11.3 Å². The number of nitrogen functional groups attached to an aromatic ring is 1. The highest BCUT2D eigenvalue weighted by molar-refractivity contribution is 5.76. The Labute approximate surface area is 89.7 Å². The summed E-state index contributed by atoms with van der Waals surface area (Å²) in [6, 6.07) is 7.61. The van der Waals surface area contributed by atoms with Crippen LogP contribution in [-0.2, 0) is 11.3 Å². The van der Waals surface area contributed by atoms with Gasteiger partial charge in [-0.05, 0) is 30.4 Å². The molecule has 1 aliphatic rings. The van der Waals surface area contributed by atoms with Crippen molar-refractivity contribution in [2.75, 3.05) is 5.73 Å². The Morgan fingerprint density at radius 2 is 2.13 bits per heavy atom. The van der Waals surface area contributed by atoms with E-state index in [9.17, 15) is 4.79 Å². The van der Waals surface area contributed by atoms with E-state index in [1.54, 1.807) is 0 Å². The number of hydrogen-bond acceptors (Lipinski definition) is 2. The predicted molar refractivity (Wildman–Crippen MR) is 60.0 cm³/mol. The van der Waals surface area contributed by atoms with Crippen LogP contribution in [0.3, 0.4) is 0 Å². The highest BCUT2D eigenvalue weighted by Gasteiger charge is 2.24. The van der Waals surface area contributed by atoms with Crippen LogP contribution in [0.1, 0.15) is 24.8 Å². The van der Waals surface area contributed by atoms with Crippen LogP contribution in [0.2, 0.25) is 0 Å². The molecule has 1 saturated carbocycles. The van der Waals surface area contributed by atoms with Gasteiger partial charge in [-0.3, -0.25) is 4.79 Å². The first-order chi connectivity index (χ1) is 7.25. The molecule has 0 aromatic heterocycles. The van der Waals surface area contributed by atoms with Crippen molar-refractivity contribution >= 4 is 11.6 Å². The van der Waals surface area contributed by atoms with Crippen LogP contribution in [0.5, 0.6) is 0 Å². The van der Waals surface area contributed by atoms with Crippen molar-refractivity contribution in [1.82, 2.24) is 5.32 Å². The number of nitrogens with one attached hydrogen (secondary N) is 1. The number of para-hydroxylation sites is 1. The molecule has 1 aromatic rings. The third-order valence-electron chi connectivity index (χ3n) is 2.70. The molecule has 0 heterocycles. The topological polar surface area (TPSA) is 55.1 Å². The monoisotopic (exact) mass is 204 g/mol. The fraction of sp³-hybridized carbons (Fsp3) is 0.417. The zero-order valence-electron chi connectivity index (χ0n) is 8.70. The number of anilines is 1. The minimum atomic E-state index is 0.140. The molecule has 2 rings (SSSR count). The van der Waals surface area contributed by atoms with Gasteiger partial charge in [-0.1, -0.05) is 18.2 Å². The fourth-order valence-corrected chi connectivity index (χ4v) is 1.55. The summed E-state index contributed by atoms with van der Waals surface area (Å²) in [6.45, 7) is 0.540. The number of nitrogens with two attached hydrogens (primary N) is 1. The van der Waals surface area contributed by atoms with Crippen LogP contribution in [0.25, 0.3) is 0 Å². The molecule has 0 unspecified atom stereocenters. The van der Waals surface area contributed by atoms with E-state index in [4.69, 9.17) is 5.73 Å². The first-order valence-electron chi connectivity index (χ1n) is 5.36. The van der Waals surface area contributed by atoms with E-state index >= 15 is 0 Å². The lowest BCUT2D eigenvalue weighted by molar-refractivity contribution is -0.121. The Balaban J connectivity index is 1.81. The summed E-state index contributed by atoms with van der Waals surface area (Å²) in [5.41, 5.74) is 7.50. The van der Waals surface area contributed by atoms with Crippen LogP contribution in [0, 0.1) is 5.92 Å². The molecule has 1 aromatic carbocycles. The SMILES string of the molecule is Nc1ccccc1CNC(=O)CC1CC1. The quantitative estimate of drug-likeness (QED) is 0.733. The number of benzene rings is 1. The highest BCUT2D eigenvalue weighted by Crippen LogP contribution is 2.32. The Kier molecular flexibility index (Phi) is 2.90. The molecule has 15 heavy (non-hydrogen) atoms. The van der Waals surface area contributed by atoms with Crippen molar-refractivity contribution in [3.05, 3.63) is 29.8 Å². The molecule has 3 heteroatoms. The van der Waals surface area contributed by atoms with E-state index < -0.39 is 0 Å². The first kappa shape index (κ1) is 10.0. The third kappa shape index (κ3) is 2.98. The summed E-state index contributed by atoms with van der Waals surface area (Å²) in [5.74, 6) is 0.777. The van der Waals surface area contributed by atoms with Crippen molar-refractivity contribution in [3.8, 4) is 0 Å². The van der Waals surface area contributed by atoms with Crippen molar-refractivity contribution in [2.45, 2.75) is 25.8 Å². The van der Waals surface area contributed by atoms with Gasteiger partial charge in [-0.2, -0.15) is 0 Å². The van der Waals surface area contributed by atoms with Gasteiger partial charge in [0.1, 0.15) is 0 Å². The first-order valence-corrected chi connectivity index (χ1v) is 5.36. The maximum absolute atomic E-state index is 11.4. The summed E-state index contributed by atoms with van der Waals surface area (Å²) in [7, 11) is 0. The summed E-state index contributed by atoms with van der Waals surface area (Å²) in [6.07, 6.45) is 3.09. The van der Waals surface area contributed by atoms with Crippen LogP contribution >= 0.6 is 0 Å². The van der Waals surface area contributed by atoms with Crippen LogP contribution < -0.4 is 11.1 Å². The van der Waals surface area contributed by atoms with E-state index in [1.165, 1.54) is 12.8 Å². The van der Waals surface area contributed by atoms with Gasteiger partial charge in [0.05, 0.1) is 0 Å². The van der Waals surface area contributed by atoms with Gasteiger partial charge in [0.2, 0.25) is 5.91 Å². The van der Waals surface area contributed by atoms with Crippen LogP contribution in [-0.4, -0.2) is 5.91 Å². The summed E-state index contributed by atoms with van der Waals surface area (Å²) in [4.78, 5) is 11.4. The Bertz CT molecular complexity index is 358. The summed E-state index contributed by atoms with van der Waals surface area (Å²) >= 11 is 0. The van der Waals surface area contributed by atoms with Gasteiger partial charge in [0.25, 0.3) is 0 Å². The normalized spacial score (nSPS) is 14.9. The molecular weight excluding hydrogens is 188 g/mol. The molecule has 0 radical (unpaired) electrons. The summed E-state index contributed by atoms with van der Waals surface area (Å²) < 4.78 is 0. The molecule has 0 spiro atoms. The zero-order chi connectivity index (χ0) is 10.7. The molecule has 80 valence electrons. The number of carbonyl (C=O) groups is 1. The maximum Gasteiger partial charge on any atom is 0.220 e. The van der Waals surface area contributed by atoms with Crippen molar-refractivity contribution in [1.29, 1.82) is 0 Å². The smallest absolute Gasteiger partial charge is 0.220 e. The van der Waals surface area contributed by atoms with Crippen molar-refractivity contribution < 1.29 is 4.79 Å². The van der Waals surface area contributed by atoms with E-state index in [1.807, 2.05) is 24.3 Å². The molecule has 0 saturated heterocycles. The lowest BCUT2D eigenvalue weighted by atomic mass is 10.2. The molecule has 1 aliphatic carbocycles. The average Bonchev–Trinajstić information content (AvgIpc) is 3.00. The minimum absolute atomic E-state index is 0.140. The van der Waals surface area contributed by atoms with Gasteiger partial charge in [-0.15, -0.1) is 0 Å². The fourth-order valence-electron chi connectivity index (χ4n) is 1.55. The van der Waals surface area contributed by atoms with Gasteiger partial charge < -0.3 is 11.1 Å². The molecule has 3 nitrogen and oxygen atoms in total. The van der Waals surface area contributed by atoms with E-state index in [-0.39, 0.29) is 5.91 Å². The highest BCUT2D eigenvalue weighted by atomic mass is 16.1. The molecule has 3 N–H and O–H groups in total. The third-order valence-corrected chi connectivity index (χ3v) is 2.70. The van der Waals surface area contributed by atoms with Gasteiger partial charge >= 0.3 is 0 Å². The second kappa shape index (κ2) is 4.34. The van der Waals surface area contributed by atoms with Crippen molar-refractivity contribution in [3.63, 3.8) is 0 Å². The lowest BCUT2D eigenvalue weighted by Gasteiger charge is -2.06. The van der Waals surface area contributed by atoms with Gasteiger partial charge in [-0.25, -0.2) is 0 Å². The molecule has 1 amide bonds. The summed E-state index contributed by atoms with van der Waals surface area (Å²) in [5, 5.41) is 2.89. The second-order valence-corrected chi connectivity index (χ2v) is 4.12. The maximum atomic E-state index is 11.4. The molecule has 1 fully saturated rings. The molecule has 0 atom stereocenters. The van der Waals surface area contributed by atoms with Gasteiger partial charge in [0, 0.05) is 18.7 Å². The van der Waals surface area contributed by atoms with Crippen LogP contribution in [0.4, 0.5) is 5.69 Å². The number of rotatable bonds is 4. The molecule has 0 bridgehead atoms. The number of hydrogen-bond donors (Lipinski definition) is 2. The minimum Gasteiger partial charge on any atom is -0.398 e. The largest absolute Gasteiger partial charge is 0.398 e. The van der Waals surface area contributed by atoms with Gasteiger partial charge in [0.15, 0.2) is 0 Å². The second-order valence-electron chi connectivity index (χ2n) is 4.12. The standard InChI is InChI=1S/C12H16N2O/c13-11-4-2-1-3-10(11)8-14-12(15)7-9-5-6-9/h1-4,9H,5-8,13H2,(H,14,15). The van der Waals surface area contributed by atoms with E-state index in [0.29, 0.717) is 18.9 Å². The Morgan fingerprint density at radius 3 is 2.80 bits per heavy atom. The van der Waals surface area contributed by atoms with Crippen molar-refractivity contribution in [2.24, 2.45) is 5.92 Å². The van der Waals surface area contributed by atoms with E-state index in [2.05, 4.69) is 5.32 Å². The average molecular weight is 204 g/mol. The predicted octanol–water partition coefficient (Wildman–Crippen LogP) is 1.69. The Morgan fingerprint density at radius 1 is 1.40 bits per heavy atom. The Hall–Kier alpha value is -1.51. The lowest BCUT2D eigenvalue weighted by Crippen LogP contribution is -2.23. The zero-order valence-corrected chi connectivity index (χ0v) is 8.70. The number of amides is 1.